The summed E-state index contributed by atoms with van der Waals surface area (Å²) in [7, 11) is 4.01. The summed E-state index contributed by atoms with van der Waals surface area (Å²) in [6.45, 7) is 1.37. The SMILES string of the molecule is CN(C)c1cccc(Cl)c1CNCc1cccc(O)c1. The number of nitrogens with one attached hydrogen (secondary N) is 1. The maximum Gasteiger partial charge on any atom is 0.115 e. The lowest BCUT2D eigenvalue weighted by Gasteiger charge is -2.19. The summed E-state index contributed by atoms with van der Waals surface area (Å²) in [5.74, 6) is 0.288. The highest BCUT2D eigenvalue weighted by molar-refractivity contribution is 6.31. The third-order valence-corrected chi connectivity index (χ3v) is 3.47. The normalized spacial score (nSPS) is 10.6. The minimum Gasteiger partial charge on any atom is -0.508 e. The molecule has 0 unspecified atom stereocenters. The lowest BCUT2D eigenvalue weighted by Crippen LogP contribution is -2.17. The van der Waals surface area contributed by atoms with Gasteiger partial charge in [-0.05, 0) is 29.8 Å². The van der Waals surface area contributed by atoms with Gasteiger partial charge in [-0.1, -0.05) is 29.8 Å². The fourth-order valence-corrected chi connectivity index (χ4v) is 2.38. The number of hydrogen-bond donors (Lipinski definition) is 2. The molecule has 2 N–H and O–H groups in total. The molecular weight excluding hydrogens is 272 g/mol. The van der Waals surface area contributed by atoms with Gasteiger partial charge in [0, 0.05) is 43.5 Å². The van der Waals surface area contributed by atoms with Gasteiger partial charge in [-0.15, -0.1) is 0 Å². The van der Waals surface area contributed by atoms with Crippen molar-refractivity contribution in [1.82, 2.24) is 5.32 Å². The molecule has 0 atom stereocenters. The van der Waals surface area contributed by atoms with Crippen LogP contribution in [0.4, 0.5) is 5.69 Å². The second-order valence-corrected chi connectivity index (χ2v) is 5.31. The van der Waals surface area contributed by atoms with Gasteiger partial charge in [0.1, 0.15) is 5.75 Å². The Hall–Kier alpha value is -1.71. The van der Waals surface area contributed by atoms with Crippen LogP contribution in [0.15, 0.2) is 42.5 Å². The molecule has 0 radical (unpaired) electrons. The van der Waals surface area contributed by atoms with E-state index < -0.39 is 0 Å². The summed E-state index contributed by atoms with van der Waals surface area (Å²) in [4.78, 5) is 2.05. The van der Waals surface area contributed by atoms with Crippen molar-refractivity contribution < 1.29 is 5.11 Å². The van der Waals surface area contributed by atoms with Crippen molar-refractivity contribution in [1.29, 1.82) is 0 Å². The topological polar surface area (TPSA) is 35.5 Å². The van der Waals surface area contributed by atoms with E-state index >= 15 is 0 Å². The number of phenolic OH excluding ortho intramolecular Hbond substituents is 1. The molecule has 20 heavy (non-hydrogen) atoms. The molecule has 0 bridgehead atoms. The first-order chi connectivity index (χ1) is 9.58. The summed E-state index contributed by atoms with van der Waals surface area (Å²) in [6, 6.07) is 13.2. The summed E-state index contributed by atoms with van der Waals surface area (Å²) in [5, 5.41) is 13.6. The Bertz CT molecular complexity index is 584. The van der Waals surface area contributed by atoms with Gasteiger partial charge in [0.15, 0.2) is 0 Å². The number of phenols is 1. The number of benzene rings is 2. The molecule has 2 aromatic carbocycles. The number of halogens is 1. The molecule has 4 heteroatoms. The van der Waals surface area contributed by atoms with Gasteiger partial charge in [0.2, 0.25) is 0 Å². The molecule has 0 fully saturated rings. The number of aromatic hydroxyl groups is 1. The highest BCUT2D eigenvalue weighted by atomic mass is 35.5. The minimum absolute atomic E-state index is 0.288. The van der Waals surface area contributed by atoms with E-state index in [-0.39, 0.29) is 5.75 Å². The van der Waals surface area contributed by atoms with E-state index in [1.54, 1.807) is 12.1 Å². The van der Waals surface area contributed by atoms with Crippen LogP contribution in [-0.4, -0.2) is 19.2 Å². The van der Waals surface area contributed by atoms with E-state index in [2.05, 4.69) is 16.3 Å². The monoisotopic (exact) mass is 290 g/mol. The molecule has 0 aromatic heterocycles. The van der Waals surface area contributed by atoms with Crippen LogP contribution in [0.3, 0.4) is 0 Å². The summed E-state index contributed by atoms with van der Waals surface area (Å²) in [5.41, 5.74) is 3.24. The van der Waals surface area contributed by atoms with Crippen LogP contribution in [0.25, 0.3) is 0 Å². The maximum absolute atomic E-state index is 9.43. The van der Waals surface area contributed by atoms with Crippen LogP contribution in [-0.2, 0) is 13.1 Å². The van der Waals surface area contributed by atoms with E-state index in [1.165, 1.54) is 0 Å². The fourth-order valence-electron chi connectivity index (χ4n) is 2.14. The van der Waals surface area contributed by atoms with Crippen molar-refractivity contribution in [3.05, 3.63) is 58.6 Å². The first-order valence-corrected chi connectivity index (χ1v) is 6.89. The number of nitrogens with zero attached hydrogens (tertiary/aromatic N) is 1. The Labute approximate surface area is 124 Å². The Morgan fingerprint density at radius 3 is 2.55 bits per heavy atom. The van der Waals surface area contributed by atoms with Gasteiger partial charge in [-0.3, -0.25) is 0 Å². The second kappa shape index (κ2) is 6.64. The van der Waals surface area contributed by atoms with Crippen molar-refractivity contribution in [2.24, 2.45) is 0 Å². The number of rotatable bonds is 5. The first kappa shape index (κ1) is 14.7. The molecular formula is C16H19ClN2O. The molecule has 0 aliphatic carbocycles. The van der Waals surface area contributed by atoms with Gasteiger partial charge in [0.05, 0.1) is 0 Å². The molecule has 2 rings (SSSR count). The zero-order chi connectivity index (χ0) is 14.5. The summed E-state index contributed by atoms with van der Waals surface area (Å²) in [6.07, 6.45) is 0. The molecule has 0 saturated carbocycles. The van der Waals surface area contributed by atoms with E-state index in [1.807, 2.05) is 38.4 Å². The second-order valence-electron chi connectivity index (χ2n) is 4.91. The molecule has 0 heterocycles. The van der Waals surface area contributed by atoms with Gasteiger partial charge >= 0.3 is 0 Å². The van der Waals surface area contributed by atoms with Gasteiger partial charge < -0.3 is 15.3 Å². The zero-order valence-corrected chi connectivity index (χ0v) is 12.5. The van der Waals surface area contributed by atoms with Crippen LogP contribution in [0.5, 0.6) is 5.75 Å². The largest absolute Gasteiger partial charge is 0.508 e. The predicted molar refractivity (Wildman–Crippen MR) is 84.4 cm³/mol. The Morgan fingerprint density at radius 1 is 1.10 bits per heavy atom. The minimum atomic E-state index is 0.288. The lowest BCUT2D eigenvalue weighted by atomic mass is 10.1. The first-order valence-electron chi connectivity index (χ1n) is 6.51. The van der Waals surface area contributed by atoms with Crippen molar-refractivity contribution >= 4 is 17.3 Å². The van der Waals surface area contributed by atoms with Crippen LogP contribution in [0.1, 0.15) is 11.1 Å². The molecule has 3 nitrogen and oxygen atoms in total. The van der Waals surface area contributed by atoms with Crippen LogP contribution < -0.4 is 10.2 Å². The highest BCUT2D eigenvalue weighted by Gasteiger charge is 2.08. The molecule has 0 spiro atoms. The third-order valence-electron chi connectivity index (χ3n) is 3.12. The molecule has 0 amide bonds. The standard InChI is InChI=1S/C16H19ClN2O/c1-19(2)16-8-4-7-15(17)14(16)11-18-10-12-5-3-6-13(20)9-12/h3-9,18,20H,10-11H2,1-2H3. The molecule has 0 saturated heterocycles. The fraction of sp³-hybridized carbons (Fsp3) is 0.250. The van der Waals surface area contributed by atoms with Crippen molar-refractivity contribution in [3.8, 4) is 5.75 Å². The van der Waals surface area contributed by atoms with E-state index in [0.717, 1.165) is 21.8 Å². The molecule has 0 aliphatic heterocycles. The molecule has 0 aliphatic rings. The predicted octanol–water partition coefficient (Wildman–Crippen LogP) is 3.40. The number of anilines is 1. The highest BCUT2D eigenvalue weighted by Crippen LogP contribution is 2.26. The third kappa shape index (κ3) is 3.65. The smallest absolute Gasteiger partial charge is 0.115 e. The van der Waals surface area contributed by atoms with Gasteiger partial charge in [0.25, 0.3) is 0 Å². The van der Waals surface area contributed by atoms with E-state index in [9.17, 15) is 5.11 Å². The zero-order valence-electron chi connectivity index (χ0n) is 11.7. The quantitative estimate of drug-likeness (QED) is 0.886. The van der Waals surface area contributed by atoms with Crippen LogP contribution >= 0.6 is 11.6 Å². The Morgan fingerprint density at radius 2 is 1.85 bits per heavy atom. The Kier molecular flexibility index (Phi) is 4.88. The average molecular weight is 291 g/mol. The maximum atomic E-state index is 9.43. The summed E-state index contributed by atoms with van der Waals surface area (Å²) < 4.78 is 0. The lowest BCUT2D eigenvalue weighted by molar-refractivity contribution is 0.474. The average Bonchev–Trinajstić information content (AvgIpc) is 2.40. The van der Waals surface area contributed by atoms with Crippen molar-refractivity contribution in [2.45, 2.75) is 13.1 Å². The van der Waals surface area contributed by atoms with Crippen molar-refractivity contribution in [2.75, 3.05) is 19.0 Å². The van der Waals surface area contributed by atoms with Gasteiger partial charge in [-0.2, -0.15) is 0 Å². The van der Waals surface area contributed by atoms with Gasteiger partial charge in [-0.25, -0.2) is 0 Å². The summed E-state index contributed by atoms with van der Waals surface area (Å²) >= 11 is 6.27. The molecule has 106 valence electrons. The van der Waals surface area contributed by atoms with E-state index in [0.29, 0.717) is 13.1 Å². The van der Waals surface area contributed by atoms with Crippen LogP contribution in [0, 0.1) is 0 Å². The van der Waals surface area contributed by atoms with Crippen LogP contribution in [0.2, 0.25) is 5.02 Å². The molecule has 2 aromatic rings. The van der Waals surface area contributed by atoms with E-state index in [4.69, 9.17) is 11.6 Å². The Balaban J connectivity index is 2.04. The van der Waals surface area contributed by atoms with Crippen molar-refractivity contribution in [3.63, 3.8) is 0 Å². The number of hydrogen-bond acceptors (Lipinski definition) is 3.